The van der Waals surface area contributed by atoms with Gasteiger partial charge in [-0.3, -0.25) is 4.79 Å². The van der Waals surface area contributed by atoms with Crippen LogP contribution in [0.25, 0.3) is 0 Å². The van der Waals surface area contributed by atoms with Crippen molar-refractivity contribution in [3.05, 3.63) is 32.7 Å². The smallest absolute Gasteiger partial charge is 0.306 e. The van der Waals surface area contributed by atoms with E-state index < -0.39 is 0 Å². The second-order valence-corrected chi connectivity index (χ2v) is 6.12. The van der Waals surface area contributed by atoms with Crippen LogP contribution in [-0.4, -0.2) is 12.6 Å². The van der Waals surface area contributed by atoms with Crippen LogP contribution in [0.3, 0.4) is 0 Å². The molecular formula is C14H18Br2O2. The normalized spacial score (nSPS) is 12.2. The molecule has 1 aromatic rings. The Kier molecular flexibility index (Phi) is 6.94. The van der Waals surface area contributed by atoms with Crippen LogP contribution in [0.2, 0.25) is 0 Å². The van der Waals surface area contributed by atoms with E-state index in [1.807, 2.05) is 25.1 Å². The van der Waals surface area contributed by atoms with Crippen molar-refractivity contribution in [1.82, 2.24) is 0 Å². The molecule has 0 saturated carbocycles. The molecule has 0 aliphatic heterocycles. The van der Waals surface area contributed by atoms with Crippen LogP contribution in [0.5, 0.6) is 0 Å². The Morgan fingerprint density at radius 2 is 2.11 bits per heavy atom. The summed E-state index contributed by atoms with van der Waals surface area (Å²) < 4.78 is 7.22. The molecule has 0 saturated heterocycles. The number of ether oxygens (including phenoxy) is 1. The quantitative estimate of drug-likeness (QED) is 0.512. The number of halogens is 2. The summed E-state index contributed by atoms with van der Waals surface area (Å²) in [7, 11) is 0. The largest absolute Gasteiger partial charge is 0.466 e. The molecule has 2 nitrogen and oxygen atoms in total. The minimum absolute atomic E-state index is 0.120. The lowest BCUT2D eigenvalue weighted by atomic mass is 9.98. The molecule has 0 aromatic heterocycles. The molecule has 1 atom stereocenters. The Morgan fingerprint density at radius 1 is 1.39 bits per heavy atom. The van der Waals surface area contributed by atoms with Gasteiger partial charge in [0.05, 0.1) is 13.0 Å². The van der Waals surface area contributed by atoms with E-state index in [0.717, 1.165) is 27.4 Å². The highest BCUT2D eigenvalue weighted by atomic mass is 79.9. The number of rotatable bonds is 6. The zero-order valence-corrected chi connectivity index (χ0v) is 13.9. The molecule has 0 aliphatic rings. The molecule has 0 amide bonds. The van der Waals surface area contributed by atoms with Gasteiger partial charge in [0.2, 0.25) is 0 Å². The van der Waals surface area contributed by atoms with Gasteiger partial charge in [0.15, 0.2) is 0 Å². The van der Waals surface area contributed by atoms with E-state index in [9.17, 15) is 4.79 Å². The van der Waals surface area contributed by atoms with E-state index in [1.165, 1.54) is 0 Å². The van der Waals surface area contributed by atoms with Crippen molar-refractivity contribution in [2.24, 2.45) is 0 Å². The first-order chi connectivity index (χ1) is 8.54. The van der Waals surface area contributed by atoms with E-state index in [0.29, 0.717) is 13.0 Å². The summed E-state index contributed by atoms with van der Waals surface area (Å²) in [5, 5.41) is 0. The molecule has 4 heteroatoms. The summed E-state index contributed by atoms with van der Waals surface area (Å²) in [4.78, 5) is 11.6. The van der Waals surface area contributed by atoms with Gasteiger partial charge in [-0.1, -0.05) is 58.2 Å². The highest BCUT2D eigenvalue weighted by Gasteiger charge is 2.14. The average Bonchev–Trinajstić information content (AvgIpc) is 2.28. The fourth-order valence-corrected chi connectivity index (χ4v) is 3.09. The fraction of sp³-hybridized carbons (Fsp3) is 0.500. The zero-order valence-electron chi connectivity index (χ0n) is 10.7. The van der Waals surface area contributed by atoms with Crippen molar-refractivity contribution in [3.63, 3.8) is 0 Å². The predicted octanol–water partition coefficient (Wildman–Crippen LogP) is 5.05. The highest BCUT2D eigenvalue weighted by molar-refractivity contribution is 9.11. The lowest BCUT2D eigenvalue weighted by Crippen LogP contribution is -2.09. The van der Waals surface area contributed by atoms with E-state index in [2.05, 4.69) is 38.8 Å². The molecule has 0 N–H and O–H groups in total. The Morgan fingerprint density at radius 3 is 2.72 bits per heavy atom. The fourth-order valence-electron chi connectivity index (χ4n) is 1.65. The number of esters is 1. The molecule has 0 aliphatic carbocycles. The van der Waals surface area contributed by atoms with Crippen molar-refractivity contribution in [1.29, 1.82) is 0 Å². The Hall–Kier alpha value is -0.350. The first-order valence-corrected chi connectivity index (χ1v) is 7.73. The van der Waals surface area contributed by atoms with E-state index >= 15 is 0 Å². The van der Waals surface area contributed by atoms with Crippen LogP contribution in [0.4, 0.5) is 0 Å². The Labute approximate surface area is 125 Å². The second-order valence-electron chi connectivity index (χ2n) is 4.35. The lowest BCUT2D eigenvalue weighted by molar-refractivity contribution is -0.144. The molecule has 100 valence electrons. The molecule has 0 radical (unpaired) electrons. The SMILES string of the molecule is CCCCOC(=O)CC(C)c1ccc(Br)cc1Br. The lowest BCUT2D eigenvalue weighted by Gasteiger charge is -2.13. The average molecular weight is 378 g/mol. The van der Waals surface area contributed by atoms with E-state index in [-0.39, 0.29) is 11.9 Å². The number of hydrogen-bond acceptors (Lipinski definition) is 2. The number of benzene rings is 1. The summed E-state index contributed by atoms with van der Waals surface area (Å²) in [6.45, 7) is 4.65. The number of unbranched alkanes of at least 4 members (excludes halogenated alkanes) is 1. The van der Waals surface area contributed by atoms with Gasteiger partial charge in [0, 0.05) is 8.95 Å². The minimum Gasteiger partial charge on any atom is -0.466 e. The molecule has 1 rings (SSSR count). The van der Waals surface area contributed by atoms with Crippen molar-refractivity contribution in [2.75, 3.05) is 6.61 Å². The summed E-state index contributed by atoms with van der Waals surface area (Å²) >= 11 is 6.94. The summed E-state index contributed by atoms with van der Waals surface area (Å²) in [5.74, 6) is 0.0346. The van der Waals surface area contributed by atoms with Gasteiger partial charge in [-0.15, -0.1) is 0 Å². The maximum atomic E-state index is 11.6. The molecule has 0 fully saturated rings. The predicted molar refractivity (Wildman–Crippen MR) is 80.7 cm³/mol. The molecular weight excluding hydrogens is 360 g/mol. The van der Waals surface area contributed by atoms with Crippen molar-refractivity contribution < 1.29 is 9.53 Å². The van der Waals surface area contributed by atoms with E-state index in [4.69, 9.17) is 4.74 Å². The van der Waals surface area contributed by atoms with Crippen molar-refractivity contribution in [3.8, 4) is 0 Å². The Bertz CT molecular complexity index is 405. The van der Waals surface area contributed by atoms with E-state index in [1.54, 1.807) is 0 Å². The molecule has 1 unspecified atom stereocenters. The molecule has 18 heavy (non-hydrogen) atoms. The van der Waals surface area contributed by atoms with Gasteiger partial charge in [-0.25, -0.2) is 0 Å². The highest BCUT2D eigenvalue weighted by Crippen LogP contribution is 2.29. The molecule has 0 bridgehead atoms. The summed E-state index contributed by atoms with van der Waals surface area (Å²) in [6.07, 6.45) is 2.40. The van der Waals surface area contributed by atoms with Crippen LogP contribution in [0.1, 0.15) is 44.6 Å². The van der Waals surface area contributed by atoms with Crippen molar-refractivity contribution >= 4 is 37.8 Å². The van der Waals surface area contributed by atoms with Gasteiger partial charge >= 0.3 is 5.97 Å². The standard InChI is InChI=1S/C14H18Br2O2/c1-3-4-7-18-14(17)8-10(2)12-6-5-11(15)9-13(12)16/h5-6,9-10H,3-4,7-8H2,1-2H3. The third-order valence-electron chi connectivity index (χ3n) is 2.73. The molecule has 0 heterocycles. The summed E-state index contributed by atoms with van der Waals surface area (Å²) in [5.41, 5.74) is 1.13. The molecule has 1 aromatic carbocycles. The first kappa shape index (κ1) is 15.7. The zero-order chi connectivity index (χ0) is 13.5. The van der Waals surface area contributed by atoms with Crippen LogP contribution >= 0.6 is 31.9 Å². The Balaban J connectivity index is 2.54. The monoisotopic (exact) mass is 376 g/mol. The third kappa shape index (κ3) is 5.11. The number of hydrogen-bond donors (Lipinski definition) is 0. The number of carbonyl (C=O) groups is 1. The topological polar surface area (TPSA) is 26.3 Å². The van der Waals surface area contributed by atoms with Crippen LogP contribution in [0, 0.1) is 0 Å². The maximum Gasteiger partial charge on any atom is 0.306 e. The maximum absolute atomic E-state index is 11.6. The van der Waals surface area contributed by atoms with Gasteiger partial charge in [0.25, 0.3) is 0 Å². The number of carbonyl (C=O) groups excluding carboxylic acids is 1. The van der Waals surface area contributed by atoms with Gasteiger partial charge in [-0.05, 0) is 30.0 Å². The molecule has 0 spiro atoms. The van der Waals surface area contributed by atoms with Gasteiger partial charge in [-0.2, -0.15) is 0 Å². The minimum atomic E-state index is -0.120. The van der Waals surface area contributed by atoms with Crippen LogP contribution in [0.15, 0.2) is 27.1 Å². The van der Waals surface area contributed by atoms with Gasteiger partial charge < -0.3 is 4.74 Å². The third-order valence-corrected chi connectivity index (χ3v) is 3.91. The van der Waals surface area contributed by atoms with Crippen molar-refractivity contribution in [2.45, 2.75) is 39.0 Å². The van der Waals surface area contributed by atoms with Crippen LogP contribution < -0.4 is 0 Å². The van der Waals surface area contributed by atoms with Gasteiger partial charge in [0.1, 0.15) is 0 Å². The first-order valence-electron chi connectivity index (χ1n) is 6.15. The second kappa shape index (κ2) is 7.95. The van der Waals surface area contributed by atoms with Crippen LogP contribution in [-0.2, 0) is 9.53 Å². The summed E-state index contributed by atoms with van der Waals surface area (Å²) in [6, 6.07) is 6.01.